The molecule has 1 fully saturated rings. The Bertz CT molecular complexity index is 994. The topological polar surface area (TPSA) is 75.3 Å². The van der Waals surface area contributed by atoms with Gasteiger partial charge in [0.25, 0.3) is 15.9 Å². The molecule has 2 aromatic rings. The fraction of sp³-hybridized carbons (Fsp3) is 0.188. The van der Waals surface area contributed by atoms with Crippen molar-refractivity contribution >= 4 is 33.2 Å². The maximum absolute atomic E-state index is 13.7. The van der Waals surface area contributed by atoms with Crippen molar-refractivity contribution < 1.29 is 26.4 Å². The number of anilines is 1. The van der Waals surface area contributed by atoms with Crippen LogP contribution in [0.15, 0.2) is 35.2 Å². The highest BCUT2D eigenvalue weighted by Gasteiger charge is 2.26. The lowest BCUT2D eigenvalue weighted by atomic mass is 10.2. The van der Waals surface area contributed by atoms with Gasteiger partial charge in [-0.2, -0.15) is 0 Å². The molecule has 1 aliphatic rings. The average Bonchev–Trinajstić information content (AvgIpc) is 3.36. The molecule has 1 saturated carbocycles. The molecule has 5 nitrogen and oxygen atoms in total. The van der Waals surface area contributed by atoms with Gasteiger partial charge in [-0.25, -0.2) is 21.6 Å². The fourth-order valence-electron chi connectivity index (χ4n) is 2.18. The summed E-state index contributed by atoms with van der Waals surface area (Å²) >= 11 is 6.00. The van der Waals surface area contributed by atoms with Crippen LogP contribution < -0.4 is 10.0 Å². The Morgan fingerprint density at radius 2 is 1.77 bits per heavy atom. The van der Waals surface area contributed by atoms with Crippen molar-refractivity contribution in [1.82, 2.24) is 5.32 Å². The van der Waals surface area contributed by atoms with Crippen molar-refractivity contribution in [1.29, 1.82) is 0 Å². The molecule has 3 rings (SSSR count). The molecule has 1 aliphatic carbocycles. The van der Waals surface area contributed by atoms with Gasteiger partial charge in [0, 0.05) is 6.04 Å². The van der Waals surface area contributed by atoms with E-state index in [9.17, 15) is 26.4 Å². The first-order chi connectivity index (χ1) is 12.2. The van der Waals surface area contributed by atoms with Gasteiger partial charge in [0.2, 0.25) is 0 Å². The molecular weight excluding hydrogens is 393 g/mol. The van der Waals surface area contributed by atoms with Crippen molar-refractivity contribution in [3.63, 3.8) is 0 Å². The molecule has 0 saturated heterocycles. The van der Waals surface area contributed by atoms with E-state index in [1.807, 2.05) is 4.72 Å². The van der Waals surface area contributed by atoms with E-state index >= 15 is 0 Å². The van der Waals surface area contributed by atoms with Gasteiger partial charge in [0.15, 0.2) is 17.5 Å². The van der Waals surface area contributed by atoms with Crippen LogP contribution in [-0.4, -0.2) is 20.4 Å². The number of carbonyl (C=O) groups is 1. The molecular formula is C16H12ClF3N2O3S. The first-order valence-electron chi connectivity index (χ1n) is 7.46. The molecule has 138 valence electrons. The normalized spacial score (nSPS) is 14.2. The zero-order valence-corrected chi connectivity index (χ0v) is 14.6. The summed E-state index contributed by atoms with van der Waals surface area (Å²) in [6, 6.07) is 4.95. The Morgan fingerprint density at radius 3 is 2.38 bits per heavy atom. The highest BCUT2D eigenvalue weighted by molar-refractivity contribution is 7.92. The second-order valence-electron chi connectivity index (χ2n) is 5.72. The second kappa shape index (κ2) is 6.81. The second-order valence-corrected chi connectivity index (χ2v) is 7.78. The molecule has 0 spiro atoms. The molecule has 0 unspecified atom stereocenters. The van der Waals surface area contributed by atoms with Crippen LogP contribution in [0.1, 0.15) is 23.2 Å². The first kappa shape index (κ1) is 18.5. The van der Waals surface area contributed by atoms with Gasteiger partial charge in [-0.3, -0.25) is 9.52 Å². The van der Waals surface area contributed by atoms with Crippen LogP contribution in [0, 0.1) is 17.5 Å². The van der Waals surface area contributed by atoms with Gasteiger partial charge >= 0.3 is 0 Å². The van der Waals surface area contributed by atoms with E-state index in [2.05, 4.69) is 5.32 Å². The molecule has 0 heterocycles. The Balaban J connectivity index is 1.85. The fourth-order valence-corrected chi connectivity index (χ4v) is 3.57. The van der Waals surface area contributed by atoms with Crippen LogP contribution in [0.5, 0.6) is 0 Å². The van der Waals surface area contributed by atoms with Gasteiger partial charge in [-0.1, -0.05) is 11.6 Å². The summed E-state index contributed by atoms with van der Waals surface area (Å²) in [5, 5.41) is 2.72. The van der Waals surface area contributed by atoms with Crippen molar-refractivity contribution in [3.8, 4) is 0 Å². The summed E-state index contributed by atoms with van der Waals surface area (Å²) < 4.78 is 66.4. The summed E-state index contributed by atoms with van der Waals surface area (Å²) in [4.78, 5) is 10.9. The van der Waals surface area contributed by atoms with Gasteiger partial charge in [-0.05, 0) is 43.2 Å². The molecule has 10 heteroatoms. The van der Waals surface area contributed by atoms with Crippen molar-refractivity contribution in [2.45, 2.75) is 23.8 Å². The zero-order chi connectivity index (χ0) is 19.1. The quantitative estimate of drug-likeness (QED) is 0.749. The van der Waals surface area contributed by atoms with Crippen LogP contribution in [0.4, 0.5) is 18.9 Å². The predicted molar refractivity (Wildman–Crippen MR) is 89.1 cm³/mol. The number of nitrogens with one attached hydrogen (secondary N) is 2. The highest BCUT2D eigenvalue weighted by Crippen LogP contribution is 2.26. The number of benzene rings is 2. The third kappa shape index (κ3) is 3.78. The predicted octanol–water partition coefficient (Wildman–Crippen LogP) is 3.45. The van der Waals surface area contributed by atoms with Crippen molar-refractivity contribution in [2.75, 3.05) is 4.72 Å². The lowest BCUT2D eigenvalue weighted by Gasteiger charge is -2.11. The largest absolute Gasteiger partial charge is 0.349 e. The minimum atomic E-state index is -4.53. The van der Waals surface area contributed by atoms with Crippen LogP contribution in [-0.2, 0) is 10.0 Å². The number of carbonyl (C=O) groups excluding carboxylic acids is 1. The summed E-state index contributed by atoms with van der Waals surface area (Å²) in [7, 11) is -4.53. The zero-order valence-electron chi connectivity index (χ0n) is 13.0. The Labute approximate surface area is 152 Å². The maximum atomic E-state index is 13.7. The lowest BCUT2D eigenvalue weighted by Crippen LogP contribution is -2.25. The van der Waals surface area contributed by atoms with Gasteiger partial charge in [-0.15, -0.1) is 0 Å². The van der Waals surface area contributed by atoms with E-state index in [1.165, 1.54) is 18.2 Å². The summed E-state index contributed by atoms with van der Waals surface area (Å²) in [6.45, 7) is 0. The summed E-state index contributed by atoms with van der Waals surface area (Å²) in [5.41, 5.74) is 0.0858. The summed E-state index contributed by atoms with van der Waals surface area (Å²) in [5.74, 6) is -5.61. The number of halogens is 4. The molecule has 0 aliphatic heterocycles. The lowest BCUT2D eigenvalue weighted by molar-refractivity contribution is 0.0951. The molecule has 26 heavy (non-hydrogen) atoms. The van der Waals surface area contributed by atoms with Gasteiger partial charge in [0.1, 0.15) is 4.90 Å². The Morgan fingerprint density at radius 1 is 1.08 bits per heavy atom. The van der Waals surface area contributed by atoms with Gasteiger partial charge in [0.05, 0.1) is 16.3 Å². The standard InChI is InChI=1S/C16H12ClF3N2O3S/c17-11-7-9(3-4-10(11)16(23)21-8-1-2-8)22-26(24,25)13-6-5-12(18)14(19)15(13)20/h3-8,22H,1-2H2,(H,21,23). The highest BCUT2D eigenvalue weighted by atomic mass is 35.5. The minimum absolute atomic E-state index is 0.0193. The summed E-state index contributed by atoms with van der Waals surface area (Å²) in [6.07, 6.45) is 1.78. The number of hydrogen-bond acceptors (Lipinski definition) is 3. The first-order valence-corrected chi connectivity index (χ1v) is 9.32. The minimum Gasteiger partial charge on any atom is -0.349 e. The number of sulfonamides is 1. The average molecular weight is 405 g/mol. The van der Waals surface area contributed by atoms with Crippen LogP contribution in [0.25, 0.3) is 0 Å². The van der Waals surface area contributed by atoms with Crippen LogP contribution in [0.3, 0.4) is 0 Å². The molecule has 2 N–H and O–H groups in total. The Kier molecular flexibility index (Phi) is 4.85. The van der Waals surface area contributed by atoms with Crippen molar-refractivity contribution in [2.24, 2.45) is 0 Å². The third-order valence-corrected chi connectivity index (χ3v) is 5.38. The van der Waals surface area contributed by atoms with E-state index in [0.29, 0.717) is 12.1 Å². The van der Waals surface area contributed by atoms with Crippen LogP contribution in [0.2, 0.25) is 5.02 Å². The molecule has 0 bridgehead atoms. The molecule has 2 aromatic carbocycles. The van der Waals surface area contributed by atoms with E-state index < -0.39 is 38.3 Å². The number of amides is 1. The Hall–Kier alpha value is -2.26. The maximum Gasteiger partial charge on any atom is 0.264 e. The molecule has 0 aromatic heterocycles. The van der Waals surface area contributed by atoms with Gasteiger partial charge < -0.3 is 5.32 Å². The molecule has 0 radical (unpaired) electrons. The van der Waals surface area contributed by atoms with E-state index in [4.69, 9.17) is 11.6 Å². The van der Waals surface area contributed by atoms with E-state index in [-0.39, 0.29) is 22.3 Å². The number of hydrogen-bond donors (Lipinski definition) is 2. The molecule has 1 amide bonds. The monoisotopic (exact) mass is 404 g/mol. The third-order valence-electron chi connectivity index (χ3n) is 3.67. The van der Waals surface area contributed by atoms with Crippen LogP contribution >= 0.6 is 11.6 Å². The SMILES string of the molecule is O=C(NC1CC1)c1ccc(NS(=O)(=O)c2ccc(F)c(F)c2F)cc1Cl. The van der Waals surface area contributed by atoms with E-state index in [1.54, 1.807) is 0 Å². The van der Waals surface area contributed by atoms with E-state index in [0.717, 1.165) is 12.8 Å². The molecule has 0 atom stereocenters. The number of rotatable bonds is 5. The van der Waals surface area contributed by atoms with Crippen molar-refractivity contribution in [3.05, 3.63) is 58.4 Å². The smallest absolute Gasteiger partial charge is 0.264 e.